The van der Waals surface area contributed by atoms with Crippen LogP contribution in [-0.2, 0) is 46.3 Å². The minimum absolute atomic E-state index is 0.0318. The van der Waals surface area contributed by atoms with Crippen molar-refractivity contribution in [3.8, 4) is 0 Å². The third-order valence-corrected chi connectivity index (χ3v) is 13.5. The fourth-order valence-corrected chi connectivity index (χ4v) is 9.15. The number of anilines is 1. The van der Waals surface area contributed by atoms with Gasteiger partial charge in [-0.1, -0.05) is 127 Å². The highest BCUT2D eigenvalue weighted by Gasteiger charge is 2.46. The highest BCUT2D eigenvalue weighted by atomic mass is 31.3. The van der Waals surface area contributed by atoms with E-state index < -0.39 is 83.7 Å². The van der Waals surface area contributed by atoms with Crippen LogP contribution in [0.3, 0.4) is 0 Å². The largest absolute Gasteiger partial charge is 0.481 e. The first-order valence-electron chi connectivity index (χ1n) is 24.5. The number of unbranched alkanes of at least 4 members (excludes halogenated alkanes) is 11. The van der Waals surface area contributed by atoms with Gasteiger partial charge in [-0.25, -0.2) is 13.9 Å². The lowest BCUT2D eigenvalue weighted by molar-refractivity contribution is -0.161. The molecule has 1 aromatic rings. The van der Waals surface area contributed by atoms with Gasteiger partial charge in [-0.05, 0) is 76.7 Å². The summed E-state index contributed by atoms with van der Waals surface area (Å²) in [6.07, 6.45) is 27.8. The number of aliphatic hydroxyl groups excluding tert-OH is 3. The number of aromatic nitrogens is 2. The number of nitrogens with two attached hydrogens (primary N) is 1. The second kappa shape index (κ2) is 35.7. The van der Waals surface area contributed by atoms with Gasteiger partial charge in [0, 0.05) is 19.0 Å². The molecule has 1 aromatic heterocycles. The van der Waals surface area contributed by atoms with Gasteiger partial charge in [-0.15, -0.1) is 0 Å². The average Bonchev–Trinajstić information content (AvgIpc) is 3.56. The molecule has 0 aliphatic carbocycles. The van der Waals surface area contributed by atoms with E-state index in [4.69, 9.17) is 29.0 Å². The van der Waals surface area contributed by atoms with Crippen LogP contribution in [0.15, 0.2) is 65.7 Å². The third-order valence-electron chi connectivity index (χ3n) is 10.9. The lowest BCUT2D eigenvalue weighted by atomic mass is 10.0. The first-order valence-corrected chi connectivity index (χ1v) is 27.5. The van der Waals surface area contributed by atoms with Crippen molar-refractivity contribution in [1.82, 2.24) is 9.55 Å². The maximum atomic E-state index is 12.8. The number of hydrogen-bond donors (Lipinski definition) is 6. The molecule has 0 radical (unpaired) electrons. The maximum absolute atomic E-state index is 12.8. The van der Waals surface area contributed by atoms with Crippen LogP contribution in [0, 0.1) is 5.92 Å². The molecule has 2 unspecified atom stereocenters. The molecule has 7 N–H and O–H groups in total. The molecule has 2 rings (SSSR count). The number of carbonyl (C=O) groups is 2. The van der Waals surface area contributed by atoms with Crippen LogP contribution in [-0.4, -0.2) is 96.9 Å². The molecule has 1 fully saturated rings. The summed E-state index contributed by atoms with van der Waals surface area (Å²) in [4.78, 5) is 61.8. The standard InChI is InChI=1S/C48H81N3O16P2/c1-38(2)29-25-21-17-13-11-12-16-20-24-28-32-44(54)65-40(35-62-43(53)31-27-23-19-15-10-8-6-4-5-7-9-14-18-22-26-30-39(3)52)36-63-68(58,59)67-69(60,61)64-37-41-45(55)46(56)47(66-41)51-34-33-42(49)50-48(51)57/h5-8,14-15,18-19,33-34,38-41,45-47,52,55-56H,4,9-13,16-17,20-32,35-37H2,1-3H3,(H,58,59)(H,60,61)(H2,49,50,57)/b7-5-,8-6-,18-14-,19-15-/t39-,40-,41-,45-,46-,47-/m1/s1. The maximum Gasteiger partial charge on any atom is 0.481 e. The molecular weight excluding hydrogens is 936 g/mol. The Balaban J connectivity index is 1.83. The van der Waals surface area contributed by atoms with Crippen molar-refractivity contribution >= 4 is 33.4 Å². The highest BCUT2D eigenvalue weighted by Crippen LogP contribution is 2.60. The van der Waals surface area contributed by atoms with E-state index in [0.717, 1.165) is 80.9 Å². The van der Waals surface area contributed by atoms with Gasteiger partial charge in [0.15, 0.2) is 12.3 Å². The van der Waals surface area contributed by atoms with E-state index in [1.54, 1.807) is 6.92 Å². The van der Waals surface area contributed by atoms with Crippen molar-refractivity contribution < 1.29 is 71.4 Å². The summed E-state index contributed by atoms with van der Waals surface area (Å²) in [7, 11) is -10.9. The quantitative estimate of drug-likeness (QED) is 0.0156. The predicted octanol–water partition coefficient (Wildman–Crippen LogP) is 8.60. The van der Waals surface area contributed by atoms with Crippen LogP contribution >= 0.6 is 15.6 Å². The van der Waals surface area contributed by atoms with Crippen LogP contribution in [0.1, 0.15) is 162 Å². The molecule has 1 aliphatic heterocycles. The summed E-state index contributed by atoms with van der Waals surface area (Å²) in [5.41, 5.74) is 4.58. The summed E-state index contributed by atoms with van der Waals surface area (Å²) in [5, 5.41) is 30.2. The van der Waals surface area contributed by atoms with Crippen molar-refractivity contribution in [1.29, 1.82) is 0 Å². The van der Waals surface area contributed by atoms with Crippen molar-refractivity contribution in [3.05, 3.63) is 71.4 Å². The Morgan fingerprint density at radius 2 is 1.28 bits per heavy atom. The Kier molecular flexibility index (Phi) is 32.0. The number of ether oxygens (including phenoxy) is 3. The molecule has 1 aliphatic rings. The summed E-state index contributed by atoms with van der Waals surface area (Å²) in [6.45, 7) is 3.91. The van der Waals surface area contributed by atoms with Crippen molar-refractivity contribution in [2.24, 2.45) is 5.92 Å². The lowest BCUT2D eigenvalue weighted by Gasteiger charge is -2.21. The molecule has 2 heterocycles. The van der Waals surface area contributed by atoms with Gasteiger partial charge in [-0.2, -0.15) is 9.29 Å². The van der Waals surface area contributed by atoms with Gasteiger partial charge in [0.25, 0.3) is 0 Å². The van der Waals surface area contributed by atoms with E-state index >= 15 is 0 Å². The highest BCUT2D eigenvalue weighted by molar-refractivity contribution is 7.61. The topological polar surface area (TPSA) is 286 Å². The summed E-state index contributed by atoms with van der Waals surface area (Å²) >= 11 is 0. The Hall–Kier alpha value is -3.32. The fraction of sp³-hybridized carbons (Fsp3) is 0.708. The van der Waals surface area contributed by atoms with Gasteiger partial charge in [0.05, 0.1) is 19.3 Å². The number of carbonyl (C=O) groups excluding carboxylic acids is 2. The Morgan fingerprint density at radius 3 is 1.86 bits per heavy atom. The van der Waals surface area contributed by atoms with E-state index in [2.05, 4.69) is 59.6 Å². The summed E-state index contributed by atoms with van der Waals surface area (Å²) in [5.74, 6) is -0.644. The Bertz CT molecular complexity index is 1870. The molecule has 0 amide bonds. The van der Waals surface area contributed by atoms with E-state index in [9.17, 15) is 48.6 Å². The van der Waals surface area contributed by atoms with Crippen LogP contribution in [0.5, 0.6) is 0 Å². The normalized spacial score (nSPS) is 20.3. The number of nitrogen functional groups attached to an aromatic ring is 1. The first kappa shape index (κ1) is 61.8. The average molecular weight is 1020 g/mol. The van der Waals surface area contributed by atoms with Crippen LogP contribution in [0.25, 0.3) is 0 Å². The number of allylic oxidation sites excluding steroid dienone is 8. The lowest BCUT2D eigenvalue weighted by Crippen LogP contribution is -2.36. The van der Waals surface area contributed by atoms with Crippen LogP contribution < -0.4 is 11.4 Å². The van der Waals surface area contributed by atoms with Crippen molar-refractivity contribution in [2.75, 3.05) is 25.6 Å². The smallest absolute Gasteiger partial charge is 0.462 e. The van der Waals surface area contributed by atoms with E-state index in [-0.39, 0.29) is 24.8 Å². The SMILES string of the molecule is CC(C)CCCCCCCCCCCCC(=O)O[C@H](COC(=O)CCC/C=C\C/C=C\C/C=C\C/C=C\CCC[C@@H](C)O)COP(=O)(O)OP(=O)(O)OC[C@H]1O[C@@H](n2ccc(N)nc2=O)[C@H](O)[C@@H]1O. The number of esters is 2. The molecule has 8 atom stereocenters. The molecule has 0 aromatic carbocycles. The van der Waals surface area contributed by atoms with Gasteiger partial charge < -0.3 is 45.1 Å². The number of nitrogens with zero attached hydrogens (tertiary/aromatic N) is 2. The molecule has 0 saturated carbocycles. The number of hydrogen-bond acceptors (Lipinski definition) is 16. The summed E-state index contributed by atoms with van der Waals surface area (Å²) < 4.78 is 56.6. The van der Waals surface area contributed by atoms with Gasteiger partial charge in [0.2, 0.25) is 0 Å². The number of phosphoric ester groups is 2. The Morgan fingerprint density at radius 1 is 0.739 bits per heavy atom. The minimum Gasteiger partial charge on any atom is -0.462 e. The third kappa shape index (κ3) is 30.2. The minimum atomic E-state index is -5.44. The monoisotopic (exact) mass is 1020 g/mol. The molecule has 69 heavy (non-hydrogen) atoms. The molecular formula is C48H81N3O16P2. The number of aliphatic hydroxyl groups is 3. The van der Waals surface area contributed by atoms with Crippen molar-refractivity contribution in [3.63, 3.8) is 0 Å². The molecule has 0 bridgehead atoms. The molecule has 394 valence electrons. The van der Waals surface area contributed by atoms with Gasteiger partial charge >= 0.3 is 33.3 Å². The van der Waals surface area contributed by atoms with E-state index in [0.29, 0.717) is 19.3 Å². The zero-order valence-corrected chi connectivity index (χ0v) is 42.7. The second-order valence-corrected chi connectivity index (χ2v) is 20.8. The van der Waals surface area contributed by atoms with Gasteiger partial charge in [0.1, 0.15) is 30.7 Å². The van der Waals surface area contributed by atoms with Crippen molar-refractivity contribution in [2.45, 2.75) is 192 Å². The van der Waals surface area contributed by atoms with Crippen LogP contribution in [0.4, 0.5) is 5.82 Å². The van der Waals surface area contributed by atoms with Crippen LogP contribution in [0.2, 0.25) is 0 Å². The zero-order chi connectivity index (χ0) is 50.9. The van der Waals surface area contributed by atoms with E-state index in [1.807, 2.05) is 12.2 Å². The molecule has 21 heteroatoms. The first-order chi connectivity index (χ1) is 32.9. The number of phosphoric acid groups is 2. The molecule has 0 spiro atoms. The Labute approximate surface area is 408 Å². The fourth-order valence-electron chi connectivity index (χ4n) is 7.04. The van der Waals surface area contributed by atoms with E-state index in [1.165, 1.54) is 44.6 Å². The van der Waals surface area contributed by atoms with Gasteiger partial charge in [-0.3, -0.25) is 23.2 Å². The molecule has 1 saturated heterocycles. The summed E-state index contributed by atoms with van der Waals surface area (Å²) in [6, 6.07) is 1.24. The number of rotatable bonds is 39. The zero-order valence-electron chi connectivity index (χ0n) is 40.9. The molecule has 19 nitrogen and oxygen atoms in total. The predicted molar refractivity (Wildman–Crippen MR) is 262 cm³/mol. The second-order valence-electron chi connectivity index (χ2n) is 17.7.